The van der Waals surface area contributed by atoms with Gasteiger partial charge in [0.25, 0.3) is 0 Å². The molecule has 1 aromatic carbocycles. The number of nitrogens with two attached hydrogens (primary N) is 1. The molecule has 1 amide bonds. The van der Waals surface area contributed by atoms with E-state index in [-0.39, 0.29) is 0 Å². The van der Waals surface area contributed by atoms with Crippen molar-refractivity contribution in [3.63, 3.8) is 0 Å². The van der Waals surface area contributed by atoms with Crippen molar-refractivity contribution in [2.75, 3.05) is 0 Å². The van der Waals surface area contributed by atoms with E-state index >= 15 is 0 Å². The summed E-state index contributed by atoms with van der Waals surface area (Å²) in [7, 11) is 0. The molecule has 0 saturated heterocycles. The molecule has 18 heavy (non-hydrogen) atoms. The van der Waals surface area contributed by atoms with E-state index in [1.807, 2.05) is 6.92 Å². The number of carbonyl (C=O) groups excluding carboxylic acids is 1. The van der Waals surface area contributed by atoms with Crippen molar-refractivity contribution >= 4 is 11.9 Å². The van der Waals surface area contributed by atoms with Crippen LogP contribution in [0, 0.1) is 0 Å². The van der Waals surface area contributed by atoms with Crippen molar-refractivity contribution in [1.29, 1.82) is 0 Å². The Morgan fingerprint density at radius 3 is 2.39 bits per heavy atom. The second kappa shape index (κ2) is 6.64. The molecule has 0 aliphatic heterocycles. The van der Waals surface area contributed by atoms with Crippen LogP contribution in [0.5, 0.6) is 5.75 Å². The summed E-state index contributed by atoms with van der Waals surface area (Å²) in [6.45, 7) is 1.99. The number of carbonyl (C=O) groups is 2. The Bertz CT molecular complexity index is 414. The minimum Gasteiger partial charge on any atom is -0.479 e. The molecule has 3 N–H and O–H groups in total. The van der Waals surface area contributed by atoms with E-state index in [9.17, 15) is 9.59 Å². The number of hydrogen-bond donors (Lipinski definition) is 2. The smallest absolute Gasteiger partial charge is 0.344 e. The summed E-state index contributed by atoms with van der Waals surface area (Å²) in [6.07, 6.45) is 1.30. The molecule has 0 radical (unpaired) electrons. The number of benzene rings is 1. The number of carboxylic acid groups (broad SMARTS) is 1. The number of carboxylic acids is 1. The van der Waals surface area contributed by atoms with E-state index in [1.54, 1.807) is 12.1 Å². The Hall–Kier alpha value is -2.04. The zero-order valence-corrected chi connectivity index (χ0v) is 10.3. The molecule has 0 aromatic heterocycles. The van der Waals surface area contributed by atoms with Crippen LogP contribution < -0.4 is 10.5 Å². The fourth-order valence-electron chi connectivity index (χ4n) is 1.48. The van der Waals surface area contributed by atoms with Crippen LogP contribution in [0.4, 0.5) is 0 Å². The largest absolute Gasteiger partial charge is 0.479 e. The number of unbranched alkanes of at least 4 members (excludes halogenated alkanes) is 1. The van der Waals surface area contributed by atoms with Crippen LogP contribution in [0.15, 0.2) is 24.3 Å². The summed E-state index contributed by atoms with van der Waals surface area (Å²) in [5.41, 5.74) is 5.47. The van der Waals surface area contributed by atoms with E-state index in [4.69, 9.17) is 15.6 Å². The third-order valence-electron chi connectivity index (χ3n) is 2.51. The number of primary amides is 1. The van der Waals surface area contributed by atoms with Gasteiger partial charge in [0.05, 0.1) is 0 Å². The van der Waals surface area contributed by atoms with E-state index in [0.29, 0.717) is 17.7 Å². The van der Waals surface area contributed by atoms with E-state index in [0.717, 1.165) is 12.8 Å². The molecule has 1 atom stereocenters. The summed E-state index contributed by atoms with van der Waals surface area (Å²) in [4.78, 5) is 21.9. The molecule has 0 heterocycles. The second-order valence-electron chi connectivity index (χ2n) is 3.98. The zero-order chi connectivity index (χ0) is 13.5. The molecule has 0 aliphatic rings. The Morgan fingerprint density at radius 2 is 1.94 bits per heavy atom. The lowest BCUT2D eigenvalue weighted by Gasteiger charge is -2.14. The molecule has 1 rings (SSSR count). The van der Waals surface area contributed by atoms with Gasteiger partial charge >= 0.3 is 5.97 Å². The molecular formula is C13H17NO4. The van der Waals surface area contributed by atoms with Crippen LogP contribution in [0.2, 0.25) is 0 Å². The first-order valence-corrected chi connectivity index (χ1v) is 5.84. The van der Waals surface area contributed by atoms with Crippen molar-refractivity contribution in [3.05, 3.63) is 29.8 Å². The van der Waals surface area contributed by atoms with Gasteiger partial charge in [0.15, 0.2) is 6.10 Å². The van der Waals surface area contributed by atoms with Crippen molar-refractivity contribution < 1.29 is 19.4 Å². The molecule has 1 aromatic rings. The van der Waals surface area contributed by atoms with Crippen LogP contribution >= 0.6 is 0 Å². The van der Waals surface area contributed by atoms with Crippen LogP contribution in [-0.4, -0.2) is 23.1 Å². The number of aliphatic carboxylic acids is 1. The molecule has 5 heteroatoms. The van der Waals surface area contributed by atoms with E-state index in [1.165, 1.54) is 12.1 Å². The summed E-state index contributed by atoms with van der Waals surface area (Å²) < 4.78 is 5.36. The molecule has 5 nitrogen and oxygen atoms in total. The van der Waals surface area contributed by atoms with Crippen molar-refractivity contribution in [3.8, 4) is 5.75 Å². The number of rotatable bonds is 7. The van der Waals surface area contributed by atoms with Gasteiger partial charge < -0.3 is 15.6 Å². The summed E-state index contributed by atoms with van der Waals surface area (Å²) in [5, 5.41) is 9.00. The molecule has 98 valence electrons. The average Bonchev–Trinajstić information content (AvgIpc) is 2.34. The zero-order valence-electron chi connectivity index (χ0n) is 10.3. The van der Waals surface area contributed by atoms with Crippen molar-refractivity contribution in [2.45, 2.75) is 32.3 Å². The maximum Gasteiger partial charge on any atom is 0.344 e. The van der Waals surface area contributed by atoms with Gasteiger partial charge in [0.1, 0.15) is 5.75 Å². The molecular weight excluding hydrogens is 234 g/mol. The van der Waals surface area contributed by atoms with Gasteiger partial charge in [-0.15, -0.1) is 0 Å². The highest BCUT2D eigenvalue weighted by Crippen LogP contribution is 2.16. The summed E-state index contributed by atoms with van der Waals surface area (Å²) in [6, 6.07) is 6.11. The maximum absolute atomic E-state index is 11.0. The Labute approximate surface area is 106 Å². The minimum absolute atomic E-state index is 0.364. The maximum atomic E-state index is 11.0. The van der Waals surface area contributed by atoms with Gasteiger partial charge in [-0.3, -0.25) is 4.79 Å². The second-order valence-corrected chi connectivity index (χ2v) is 3.98. The van der Waals surface area contributed by atoms with Crippen LogP contribution in [0.25, 0.3) is 0 Å². The number of hydrogen-bond acceptors (Lipinski definition) is 3. The SMILES string of the molecule is CCCCC(Oc1ccc(C(N)=O)cc1)C(=O)O. The fourth-order valence-corrected chi connectivity index (χ4v) is 1.48. The van der Waals surface area contributed by atoms with Gasteiger partial charge in [-0.05, 0) is 37.1 Å². The molecule has 0 bridgehead atoms. The Kier molecular flexibility index (Phi) is 5.17. The highest BCUT2D eigenvalue weighted by molar-refractivity contribution is 5.92. The Morgan fingerprint density at radius 1 is 1.33 bits per heavy atom. The quantitative estimate of drug-likeness (QED) is 0.773. The lowest BCUT2D eigenvalue weighted by molar-refractivity contribution is -0.145. The van der Waals surface area contributed by atoms with Crippen LogP contribution in [0.1, 0.15) is 36.5 Å². The molecule has 0 fully saturated rings. The highest BCUT2D eigenvalue weighted by atomic mass is 16.5. The number of amides is 1. The number of ether oxygens (including phenoxy) is 1. The standard InChI is InChI=1S/C13H17NO4/c1-2-3-4-11(13(16)17)18-10-7-5-9(6-8-10)12(14)15/h5-8,11H,2-4H2,1H3,(H2,14,15)(H,16,17). The van der Waals surface area contributed by atoms with Crippen molar-refractivity contribution in [2.24, 2.45) is 5.73 Å². The minimum atomic E-state index is -0.984. The first-order chi connectivity index (χ1) is 8.54. The van der Waals surface area contributed by atoms with Crippen LogP contribution in [-0.2, 0) is 4.79 Å². The predicted octanol–water partition coefficient (Wildman–Crippen LogP) is 1.81. The lowest BCUT2D eigenvalue weighted by Crippen LogP contribution is -2.26. The van der Waals surface area contributed by atoms with E-state index < -0.39 is 18.0 Å². The van der Waals surface area contributed by atoms with E-state index in [2.05, 4.69) is 0 Å². The highest BCUT2D eigenvalue weighted by Gasteiger charge is 2.18. The van der Waals surface area contributed by atoms with Gasteiger partial charge in [-0.25, -0.2) is 4.79 Å². The molecule has 0 saturated carbocycles. The normalized spacial score (nSPS) is 11.8. The summed E-state index contributed by atoms with van der Waals surface area (Å²) in [5.74, 6) is -1.09. The first kappa shape index (κ1) is 14.0. The Balaban J connectivity index is 2.68. The summed E-state index contributed by atoms with van der Waals surface area (Å²) >= 11 is 0. The molecule has 1 unspecified atom stereocenters. The third kappa shape index (κ3) is 4.08. The van der Waals surface area contributed by atoms with Gasteiger partial charge in [0.2, 0.25) is 5.91 Å². The molecule has 0 aliphatic carbocycles. The van der Waals surface area contributed by atoms with Gasteiger partial charge in [-0.1, -0.05) is 13.3 Å². The average molecular weight is 251 g/mol. The predicted molar refractivity (Wildman–Crippen MR) is 66.5 cm³/mol. The van der Waals surface area contributed by atoms with Gasteiger partial charge in [0, 0.05) is 5.56 Å². The topological polar surface area (TPSA) is 89.6 Å². The van der Waals surface area contributed by atoms with Gasteiger partial charge in [-0.2, -0.15) is 0 Å². The van der Waals surface area contributed by atoms with Crippen molar-refractivity contribution in [1.82, 2.24) is 0 Å². The monoisotopic (exact) mass is 251 g/mol. The fraction of sp³-hybridized carbons (Fsp3) is 0.385. The third-order valence-corrected chi connectivity index (χ3v) is 2.51. The first-order valence-electron chi connectivity index (χ1n) is 5.84. The molecule has 0 spiro atoms. The van der Waals surface area contributed by atoms with Crippen LogP contribution in [0.3, 0.4) is 0 Å². The lowest BCUT2D eigenvalue weighted by atomic mass is 10.1.